The maximum atomic E-state index is 12.2. The highest BCUT2D eigenvalue weighted by molar-refractivity contribution is 5.66. The van der Waals surface area contributed by atoms with Crippen molar-refractivity contribution in [3.8, 4) is 0 Å². The molecule has 48 heavy (non-hydrogen) atoms. The minimum Gasteiger partial charge on any atom is -0.462 e. The zero-order valence-electron chi connectivity index (χ0n) is 30.1. The molecule has 10 nitrogen and oxygen atoms in total. The number of fused-ring (bicyclic) bond motifs is 3. The van der Waals surface area contributed by atoms with Crippen LogP contribution in [0.2, 0.25) is 0 Å². The van der Waals surface area contributed by atoms with Crippen LogP contribution in [0.3, 0.4) is 0 Å². The van der Waals surface area contributed by atoms with Crippen LogP contribution >= 0.6 is 0 Å². The third-order valence-corrected chi connectivity index (χ3v) is 15.7. The van der Waals surface area contributed by atoms with Gasteiger partial charge in [-0.15, -0.1) is 0 Å². The largest absolute Gasteiger partial charge is 0.462 e. The summed E-state index contributed by atoms with van der Waals surface area (Å²) in [7, 11) is 0. The highest BCUT2D eigenvalue weighted by atomic mass is 16.7. The first kappa shape index (κ1) is 36.7. The van der Waals surface area contributed by atoms with E-state index in [9.17, 15) is 35.4 Å². The third kappa shape index (κ3) is 5.05. The first-order chi connectivity index (χ1) is 22.3. The van der Waals surface area contributed by atoms with Gasteiger partial charge in [0.15, 0.2) is 6.29 Å². The second-order valence-corrected chi connectivity index (χ2v) is 18.1. The molecule has 1 heterocycles. The molecule has 10 heteroatoms. The fourth-order valence-corrected chi connectivity index (χ4v) is 13.4. The maximum absolute atomic E-state index is 12.2. The molecule has 0 radical (unpaired) electrons. The van der Waals surface area contributed by atoms with Crippen molar-refractivity contribution in [2.24, 2.45) is 50.7 Å². The molecule has 5 aliphatic carbocycles. The molecular weight excluding hydrogens is 616 g/mol. The van der Waals surface area contributed by atoms with Gasteiger partial charge in [-0.05, 0) is 110 Å². The molecule has 6 N–H and O–H groups in total. The van der Waals surface area contributed by atoms with Gasteiger partial charge < -0.3 is 44.8 Å². The summed E-state index contributed by atoms with van der Waals surface area (Å²) >= 11 is 0. The molecule has 0 amide bonds. The van der Waals surface area contributed by atoms with Gasteiger partial charge in [-0.3, -0.25) is 4.79 Å². The summed E-state index contributed by atoms with van der Waals surface area (Å²) in [6.45, 7) is 18.0. The van der Waals surface area contributed by atoms with Crippen LogP contribution in [0.15, 0.2) is 12.2 Å². The SMILES string of the molecule is C=C(C)[C@@H](O)[C@H](O)C[C@@H](C)[C@H]1CC[C@]23C[C@@]12CC[C@@H]1[C@@]2(C)CC[C@@H](OC(C)=O)C(C)(C)[C@@H]2C[C@@H](O[C@@H]2O[C@H](CO)[C@@H](O)[C@H](O)[C@H]2O)[C@]13C. The highest BCUT2D eigenvalue weighted by Crippen LogP contribution is 2.91. The molecule has 17 atom stereocenters. The van der Waals surface area contributed by atoms with Crippen LogP contribution in [0.1, 0.15) is 106 Å². The predicted octanol–water partition coefficient (Wildman–Crippen LogP) is 3.48. The Morgan fingerprint density at radius 3 is 2.25 bits per heavy atom. The summed E-state index contributed by atoms with van der Waals surface area (Å²) in [5.41, 5.74) is -0.0970. The monoisotopic (exact) mass is 678 g/mol. The van der Waals surface area contributed by atoms with E-state index < -0.39 is 49.5 Å². The molecule has 6 aliphatic rings. The molecule has 0 aromatic rings. The Kier molecular flexibility index (Phi) is 9.36. The lowest BCUT2D eigenvalue weighted by Crippen LogP contribution is -2.68. The van der Waals surface area contributed by atoms with E-state index in [1.54, 1.807) is 6.92 Å². The van der Waals surface area contributed by atoms with Gasteiger partial charge in [0.2, 0.25) is 0 Å². The van der Waals surface area contributed by atoms with Gasteiger partial charge in [-0.25, -0.2) is 0 Å². The third-order valence-electron chi connectivity index (χ3n) is 15.7. The summed E-state index contributed by atoms with van der Waals surface area (Å²) in [6, 6.07) is 0. The smallest absolute Gasteiger partial charge is 0.302 e. The fraction of sp³-hybridized carbons (Fsp3) is 0.921. The molecule has 1 aliphatic heterocycles. The number of aliphatic hydroxyl groups excluding tert-OH is 6. The van der Waals surface area contributed by atoms with Crippen molar-refractivity contribution in [1.82, 2.24) is 0 Å². The average molecular weight is 679 g/mol. The number of rotatable bonds is 9. The number of aliphatic hydroxyl groups is 6. The summed E-state index contributed by atoms with van der Waals surface area (Å²) < 4.78 is 18.9. The standard InChI is InChI=1S/C38H62O10/c1-19(2)29(42)23(41)15-20(3)22-9-14-38-18-37(22,38)13-10-25-35(7)12-11-27(46-21(4)40)34(5,6)26(35)16-28(36(25,38)8)48-33-32(45)31(44)30(43)24(17-39)47-33/h20,22-33,39,41-45H,1,9-18H2,2-8H3/t20-,22-,23-,24-,25-,26+,27-,28-,29-,30-,31+,32-,33+,35-,36+,37+,38-/m1/s1. The molecule has 5 saturated carbocycles. The summed E-state index contributed by atoms with van der Waals surface area (Å²) in [5.74, 6) is 0.716. The number of ether oxygens (including phenoxy) is 3. The maximum Gasteiger partial charge on any atom is 0.302 e. The topological polar surface area (TPSA) is 166 Å². The van der Waals surface area contributed by atoms with Crippen molar-refractivity contribution in [3.63, 3.8) is 0 Å². The Hall–Kier alpha value is -1.11. The number of hydrogen-bond acceptors (Lipinski definition) is 10. The van der Waals surface area contributed by atoms with Crippen molar-refractivity contribution >= 4 is 5.97 Å². The fourth-order valence-electron chi connectivity index (χ4n) is 13.4. The Balaban J connectivity index is 1.37. The van der Waals surface area contributed by atoms with Gasteiger partial charge in [0.25, 0.3) is 0 Å². The van der Waals surface area contributed by atoms with Crippen LogP contribution < -0.4 is 0 Å². The molecule has 0 spiro atoms. The Morgan fingerprint density at radius 2 is 1.62 bits per heavy atom. The normalized spacial score (nSPS) is 50.9. The van der Waals surface area contributed by atoms with Crippen LogP contribution in [-0.2, 0) is 19.0 Å². The first-order valence-electron chi connectivity index (χ1n) is 18.5. The zero-order chi connectivity index (χ0) is 35.4. The Labute approximate surface area is 286 Å². The van der Waals surface area contributed by atoms with E-state index in [0.717, 1.165) is 44.9 Å². The molecule has 0 bridgehead atoms. The van der Waals surface area contributed by atoms with Gasteiger partial charge in [-0.1, -0.05) is 41.2 Å². The van der Waals surface area contributed by atoms with E-state index in [2.05, 4.69) is 41.2 Å². The van der Waals surface area contributed by atoms with Gasteiger partial charge in [0.05, 0.1) is 18.8 Å². The molecular formula is C38H62O10. The summed E-state index contributed by atoms with van der Waals surface area (Å²) in [4.78, 5) is 12.2. The molecule has 1 saturated heterocycles. The lowest BCUT2D eigenvalue weighted by molar-refractivity contribution is -0.344. The van der Waals surface area contributed by atoms with Crippen molar-refractivity contribution in [2.75, 3.05) is 6.61 Å². The van der Waals surface area contributed by atoms with E-state index in [4.69, 9.17) is 14.2 Å². The minimum atomic E-state index is -1.53. The second-order valence-electron chi connectivity index (χ2n) is 18.1. The van der Waals surface area contributed by atoms with E-state index in [0.29, 0.717) is 24.3 Å². The number of esters is 1. The predicted molar refractivity (Wildman–Crippen MR) is 177 cm³/mol. The quantitative estimate of drug-likeness (QED) is 0.121. The van der Waals surface area contributed by atoms with Crippen molar-refractivity contribution in [2.45, 2.75) is 161 Å². The van der Waals surface area contributed by atoms with E-state index in [1.807, 2.05) is 0 Å². The number of carbonyl (C=O) groups is 1. The van der Waals surface area contributed by atoms with Crippen LogP contribution in [0.4, 0.5) is 0 Å². The molecule has 6 fully saturated rings. The van der Waals surface area contributed by atoms with Gasteiger partial charge >= 0.3 is 5.97 Å². The highest BCUT2D eigenvalue weighted by Gasteiger charge is 2.85. The van der Waals surface area contributed by atoms with Crippen molar-refractivity contribution < 1.29 is 49.6 Å². The molecule has 6 rings (SSSR count). The van der Waals surface area contributed by atoms with E-state index >= 15 is 0 Å². The molecule has 0 aromatic heterocycles. The van der Waals surface area contributed by atoms with E-state index in [-0.39, 0.29) is 63.0 Å². The summed E-state index contributed by atoms with van der Waals surface area (Å²) in [5, 5.41) is 63.8. The lowest BCUT2D eigenvalue weighted by Gasteiger charge is -2.69. The Bertz CT molecular complexity index is 1250. The Morgan fingerprint density at radius 1 is 0.938 bits per heavy atom. The molecule has 274 valence electrons. The van der Waals surface area contributed by atoms with Gasteiger partial charge in [0, 0.05) is 17.8 Å². The van der Waals surface area contributed by atoms with Crippen LogP contribution in [0.5, 0.6) is 0 Å². The van der Waals surface area contributed by atoms with Crippen LogP contribution in [0, 0.1) is 50.7 Å². The zero-order valence-corrected chi connectivity index (χ0v) is 30.1. The van der Waals surface area contributed by atoms with Gasteiger partial charge in [-0.2, -0.15) is 0 Å². The number of hydrogen-bond donors (Lipinski definition) is 6. The van der Waals surface area contributed by atoms with Crippen molar-refractivity contribution in [3.05, 3.63) is 12.2 Å². The van der Waals surface area contributed by atoms with Crippen LogP contribution in [0.25, 0.3) is 0 Å². The first-order valence-corrected chi connectivity index (χ1v) is 18.5. The molecule has 0 unspecified atom stereocenters. The average Bonchev–Trinajstić information content (AvgIpc) is 3.58. The number of carbonyl (C=O) groups excluding carboxylic acids is 1. The van der Waals surface area contributed by atoms with Gasteiger partial charge in [0.1, 0.15) is 36.6 Å². The minimum absolute atomic E-state index is 0.0244. The second kappa shape index (κ2) is 12.2. The van der Waals surface area contributed by atoms with E-state index in [1.165, 1.54) is 6.92 Å². The molecule has 0 aromatic carbocycles. The van der Waals surface area contributed by atoms with Crippen LogP contribution in [-0.4, -0.2) is 98.3 Å². The summed E-state index contributed by atoms with van der Waals surface area (Å²) in [6.07, 6.45) is -1.07. The lowest BCUT2D eigenvalue weighted by atomic mass is 9.37. The van der Waals surface area contributed by atoms with Crippen molar-refractivity contribution in [1.29, 1.82) is 0 Å².